The minimum Gasteiger partial charge on any atom is -0.369 e. The van der Waals surface area contributed by atoms with E-state index in [0.29, 0.717) is 6.54 Å². The highest BCUT2D eigenvalue weighted by atomic mass is 32.2. The van der Waals surface area contributed by atoms with E-state index in [-0.39, 0.29) is 16.3 Å². The number of nitrogens with two attached hydrogens (primary N) is 1. The van der Waals surface area contributed by atoms with Gasteiger partial charge in [-0.25, -0.2) is 18.1 Å². The number of aliphatic imine (C=N–C) groups is 1. The van der Waals surface area contributed by atoms with Crippen molar-refractivity contribution in [3.05, 3.63) is 52.2 Å². The van der Waals surface area contributed by atoms with E-state index in [1.165, 1.54) is 0 Å². The SMILES string of the molecule is CC(C)(C)c1ccc(S(=O)(=O)NC(N)=NCc2cccs2)cc1. The first-order chi connectivity index (χ1) is 10.7. The third-order valence-corrected chi connectivity index (χ3v) is 5.49. The van der Waals surface area contributed by atoms with Crippen LogP contribution in [0.15, 0.2) is 51.7 Å². The Morgan fingerprint density at radius 1 is 1.22 bits per heavy atom. The number of benzene rings is 1. The topological polar surface area (TPSA) is 84.5 Å². The molecule has 23 heavy (non-hydrogen) atoms. The summed E-state index contributed by atoms with van der Waals surface area (Å²) in [6.07, 6.45) is 0. The number of hydrogen-bond acceptors (Lipinski definition) is 4. The molecular weight excluding hydrogens is 330 g/mol. The number of guanidine groups is 1. The summed E-state index contributed by atoms with van der Waals surface area (Å²) in [5, 5.41) is 1.93. The van der Waals surface area contributed by atoms with Gasteiger partial charge in [0.15, 0.2) is 0 Å². The van der Waals surface area contributed by atoms with Crippen molar-refractivity contribution in [2.24, 2.45) is 10.7 Å². The molecule has 124 valence electrons. The Kier molecular flexibility index (Phi) is 5.11. The fraction of sp³-hybridized carbons (Fsp3) is 0.312. The Labute approximate surface area is 141 Å². The molecule has 7 heteroatoms. The molecule has 0 amide bonds. The van der Waals surface area contributed by atoms with Crippen LogP contribution in [-0.4, -0.2) is 14.4 Å². The Hall–Kier alpha value is -1.86. The van der Waals surface area contributed by atoms with E-state index in [2.05, 4.69) is 30.5 Å². The maximum Gasteiger partial charge on any atom is 0.264 e. The highest BCUT2D eigenvalue weighted by Gasteiger charge is 2.18. The largest absolute Gasteiger partial charge is 0.369 e. The van der Waals surface area contributed by atoms with Crippen molar-refractivity contribution < 1.29 is 8.42 Å². The Balaban J connectivity index is 2.10. The van der Waals surface area contributed by atoms with E-state index in [4.69, 9.17) is 5.73 Å². The third-order valence-electron chi connectivity index (χ3n) is 3.25. The molecule has 0 radical (unpaired) electrons. The fourth-order valence-corrected chi connectivity index (χ4v) is 3.51. The lowest BCUT2D eigenvalue weighted by molar-refractivity contribution is 0.585. The number of nitrogens with zero attached hydrogens (tertiary/aromatic N) is 1. The molecule has 0 fully saturated rings. The predicted molar refractivity (Wildman–Crippen MR) is 95.1 cm³/mol. The summed E-state index contributed by atoms with van der Waals surface area (Å²) in [6, 6.07) is 10.6. The predicted octanol–water partition coefficient (Wildman–Crippen LogP) is 2.84. The molecule has 0 aliphatic carbocycles. The molecule has 0 unspecified atom stereocenters. The maximum atomic E-state index is 12.3. The van der Waals surface area contributed by atoms with Crippen molar-refractivity contribution in [1.29, 1.82) is 0 Å². The number of sulfonamides is 1. The second kappa shape index (κ2) is 6.72. The van der Waals surface area contributed by atoms with Gasteiger partial charge in [-0.1, -0.05) is 39.0 Å². The molecule has 0 saturated heterocycles. The van der Waals surface area contributed by atoms with Gasteiger partial charge in [-0.3, -0.25) is 0 Å². The third kappa shape index (κ3) is 4.80. The van der Waals surface area contributed by atoms with Crippen molar-refractivity contribution in [3.63, 3.8) is 0 Å². The van der Waals surface area contributed by atoms with Crippen LogP contribution in [0.5, 0.6) is 0 Å². The van der Waals surface area contributed by atoms with E-state index >= 15 is 0 Å². The van der Waals surface area contributed by atoms with Crippen LogP contribution >= 0.6 is 11.3 Å². The smallest absolute Gasteiger partial charge is 0.264 e. The summed E-state index contributed by atoms with van der Waals surface area (Å²) in [7, 11) is -3.72. The zero-order valence-electron chi connectivity index (χ0n) is 13.4. The first-order valence-corrected chi connectivity index (χ1v) is 9.50. The molecule has 0 atom stereocenters. The minimum absolute atomic E-state index is 0.0308. The molecule has 2 aromatic rings. The van der Waals surface area contributed by atoms with Gasteiger partial charge in [0.25, 0.3) is 10.0 Å². The standard InChI is InChI=1S/C16H21N3O2S2/c1-16(2,3)12-6-8-14(9-7-12)23(20,21)19-15(17)18-11-13-5-4-10-22-13/h4-10H,11H2,1-3H3,(H3,17,18,19). The lowest BCUT2D eigenvalue weighted by Gasteiger charge is -2.19. The maximum absolute atomic E-state index is 12.3. The Bertz CT molecular complexity index is 772. The second-order valence-electron chi connectivity index (χ2n) is 6.16. The van der Waals surface area contributed by atoms with Crippen LogP contribution in [-0.2, 0) is 22.0 Å². The monoisotopic (exact) mass is 351 g/mol. The van der Waals surface area contributed by atoms with Crippen LogP contribution in [0.25, 0.3) is 0 Å². The Morgan fingerprint density at radius 3 is 2.39 bits per heavy atom. The van der Waals surface area contributed by atoms with Crippen molar-refractivity contribution in [1.82, 2.24) is 4.72 Å². The molecule has 3 N–H and O–H groups in total. The van der Waals surface area contributed by atoms with Crippen molar-refractivity contribution in [2.75, 3.05) is 0 Å². The number of hydrogen-bond donors (Lipinski definition) is 2. The van der Waals surface area contributed by atoms with Crippen molar-refractivity contribution in [2.45, 2.75) is 37.6 Å². The number of nitrogens with one attached hydrogen (secondary N) is 1. The number of rotatable bonds is 4. The van der Waals surface area contributed by atoms with Gasteiger partial charge in [0.05, 0.1) is 11.4 Å². The van der Waals surface area contributed by atoms with Crippen LogP contribution in [0, 0.1) is 0 Å². The lowest BCUT2D eigenvalue weighted by Crippen LogP contribution is -2.36. The molecule has 1 heterocycles. The van der Waals surface area contributed by atoms with Crippen LogP contribution < -0.4 is 10.5 Å². The molecule has 0 aliphatic heterocycles. The molecular formula is C16H21N3O2S2. The van der Waals surface area contributed by atoms with Gasteiger partial charge in [0.1, 0.15) is 0 Å². The molecule has 0 bridgehead atoms. The average Bonchev–Trinajstić information content (AvgIpc) is 2.97. The quantitative estimate of drug-likeness (QED) is 0.656. The van der Waals surface area contributed by atoms with Gasteiger partial charge >= 0.3 is 0 Å². The second-order valence-corrected chi connectivity index (χ2v) is 8.88. The lowest BCUT2D eigenvalue weighted by atomic mass is 9.87. The van der Waals surface area contributed by atoms with E-state index in [0.717, 1.165) is 10.4 Å². The van der Waals surface area contributed by atoms with Crippen molar-refractivity contribution in [3.8, 4) is 0 Å². The number of thiophene rings is 1. The summed E-state index contributed by atoms with van der Waals surface area (Å²) >= 11 is 1.54. The molecule has 1 aromatic heterocycles. The van der Waals surface area contributed by atoms with Gasteiger partial charge in [-0.15, -0.1) is 11.3 Å². The fourth-order valence-electron chi connectivity index (χ4n) is 1.93. The Morgan fingerprint density at radius 2 is 1.87 bits per heavy atom. The highest BCUT2D eigenvalue weighted by Crippen LogP contribution is 2.23. The molecule has 0 saturated carbocycles. The first-order valence-electron chi connectivity index (χ1n) is 7.14. The van der Waals surface area contributed by atoms with E-state index < -0.39 is 10.0 Å². The van der Waals surface area contributed by atoms with Crippen LogP contribution in [0.2, 0.25) is 0 Å². The van der Waals surface area contributed by atoms with Crippen LogP contribution in [0.1, 0.15) is 31.2 Å². The van der Waals surface area contributed by atoms with Gasteiger partial charge in [0.2, 0.25) is 5.96 Å². The zero-order valence-corrected chi connectivity index (χ0v) is 15.0. The van der Waals surface area contributed by atoms with Gasteiger partial charge in [0, 0.05) is 4.88 Å². The van der Waals surface area contributed by atoms with Crippen molar-refractivity contribution >= 4 is 27.3 Å². The normalized spacial score (nSPS) is 13.1. The molecule has 0 aliphatic rings. The molecule has 1 aromatic carbocycles. The highest BCUT2D eigenvalue weighted by molar-refractivity contribution is 7.90. The summed E-state index contributed by atoms with van der Waals surface area (Å²) in [6.45, 7) is 6.58. The van der Waals surface area contributed by atoms with Crippen LogP contribution in [0.3, 0.4) is 0 Å². The summed E-state index contributed by atoms with van der Waals surface area (Å²) in [5.74, 6) is -0.113. The summed E-state index contributed by atoms with van der Waals surface area (Å²) in [5.41, 5.74) is 6.71. The van der Waals surface area contributed by atoms with Gasteiger partial charge in [-0.05, 0) is 34.6 Å². The minimum atomic E-state index is -3.72. The summed E-state index contributed by atoms with van der Waals surface area (Å²) < 4.78 is 26.9. The molecule has 2 rings (SSSR count). The van der Waals surface area contributed by atoms with E-state index in [9.17, 15) is 8.42 Å². The van der Waals surface area contributed by atoms with E-state index in [1.54, 1.807) is 23.5 Å². The first kappa shape index (κ1) is 17.5. The molecule has 0 spiro atoms. The molecule has 5 nitrogen and oxygen atoms in total. The van der Waals surface area contributed by atoms with Gasteiger partial charge in [-0.2, -0.15) is 0 Å². The van der Waals surface area contributed by atoms with Gasteiger partial charge < -0.3 is 5.73 Å². The van der Waals surface area contributed by atoms with Crippen LogP contribution in [0.4, 0.5) is 0 Å². The summed E-state index contributed by atoms with van der Waals surface area (Å²) in [4.78, 5) is 5.23. The van der Waals surface area contributed by atoms with E-state index in [1.807, 2.05) is 29.6 Å². The average molecular weight is 351 g/mol. The zero-order chi connectivity index (χ0) is 17.1.